The molecule has 2 amide bonds. The lowest BCUT2D eigenvalue weighted by Gasteiger charge is -2.34. The summed E-state index contributed by atoms with van der Waals surface area (Å²) in [6, 6.07) is 18.8. The van der Waals surface area contributed by atoms with E-state index in [0.717, 1.165) is 0 Å². The molecule has 1 fully saturated rings. The van der Waals surface area contributed by atoms with Gasteiger partial charge in [0.15, 0.2) is 0 Å². The number of para-hydroxylation sites is 1. The molecule has 1 saturated heterocycles. The number of carbonyl (C=O) groups excluding carboxylic acids is 2. The van der Waals surface area contributed by atoms with E-state index in [1.54, 1.807) is 80.0 Å². The average molecular weight is 497 g/mol. The zero-order chi connectivity index (χ0) is 24.8. The summed E-state index contributed by atoms with van der Waals surface area (Å²) >= 11 is 0. The van der Waals surface area contributed by atoms with Crippen molar-refractivity contribution in [3.63, 3.8) is 0 Å². The van der Waals surface area contributed by atoms with Gasteiger partial charge in [0.2, 0.25) is 15.9 Å². The highest BCUT2D eigenvalue weighted by molar-refractivity contribution is 7.89. The average Bonchev–Trinajstić information content (AvgIpc) is 3.41. The highest BCUT2D eigenvalue weighted by Crippen LogP contribution is 2.21. The van der Waals surface area contributed by atoms with E-state index < -0.39 is 10.0 Å². The van der Waals surface area contributed by atoms with E-state index in [-0.39, 0.29) is 29.8 Å². The molecule has 1 aliphatic rings. The first kappa shape index (κ1) is 24.6. The first-order valence-electron chi connectivity index (χ1n) is 11.3. The summed E-state index contributed by atoms with van der Waals surface area (Å²) in [7, 11) is -1.91. The number of sulfonamides is 1. The van der Waals surface area contributed by atoms with Crippen LogP contribution in [-0.2, 0) is 21.4 Å². The number of piperazine rings is 1. The van der Waals surface area contributed by atoms with Crippen molar-refractivity contribution in [3.8, 4) is 0 Å². The minimum absolute atomic E-state index is 0.123. The van der Waals surface area contributed by atoms with Crippen molar-refractivity contribution in [1.82, 2.24) is 14.5 Å². The number of benzene rings is 2. The second kappa shape index (κ2) is 10.9. The summed E-state index contributed by atoms with van der Waals surface area (Å²) in [4.78, 5) is 29.5. The smallest absolute Gasteiger partial charge is 0.253 e. The fourth-order valence-electron chi connectivity index (χ4n) is 3.94. The predicted molar refractivity (Wildman–Crippen MR) is 131 cm³/mol. The normalized spacial score (nSPS) is 15.0. The van der Waals surface area contributed by atoms with Gasteiger partial charge in [-0.15, -0.1) is 0 Å². The molecule has 184 valence electrons. The fourth-order valence-corrected chi connectivity index (χ4v) is 5.38. The van der Waals surface area contributed by atoms with E-state index in [4.69, 9.17) is 4.42 Å². The lowest BCUT2D eigenvalue weighted by Crippen LogP contribution is -2.51. The molecule has 1 aliphatic heterocycles. The third-order valence-corrected chi connectivity index (χ3v) is 7.87. The van der Waals surface area contributed by atoms with Gasteiger partial charge in [-0.05, 0) is 36.4 Å². The molecule has 9 nitrogen and oxygen atoms in total. The van der Waals surface area contributed by atoms with Crippen molar-refractivity contribution >= 4 is 27.5 Å². The molecule has 2 aromatic carbocycles. The van der Waals surface area contributed by atoms with Gasteiger partial charge in [0.05, 0.1) is 35.5 Å². The summed E-state index contributed by atoms with van der Waals surface area (Å²) < 4.78 is 32.4. The Morgan fingerprint density at radius 2 is 1.63 bits per heavy atom. The molecule has 3 aromatic rings. The minimum atomic E-state index is -3.55. The van der Waals surface area contributed by atoms with E-state index >= 15 is 0 Å². The number of likely N-dealkylation sites (N-methyl/N-ethyl adjacent to an activating group) is 1. The monoisotopic (exact) mass is 496 g/mol. The van der Waals surface area contributed by atoms with Gasteiger partial charge in [-0.1, -0.05) is 30.3 Å². The molecule has 0 saturated carbocycles. The van der Waals surface area contributed by atoms with Crippen molar-refractivity contribution < 1.29 is 22.4 Å². The van der Waals surface area contributed by atoms with Gasteiger partial charge < -0.3 is 14.6 Å². The Morgan fingerprint density at radius 1 is 0.943 bits per heavy atom. The molecule has 0 radical (unpaired) electrons. The zero-order valence-corrected chi connectivity index (χ0v) is 20.3. The molecule has 0 atom stereocenters. The largest absolute Gasteiger partial charge is 0.467 e. The lowest BCUT2D eigenvalue weighted by molar-refractivity contribution is -0.119. The molecule has 1 N–H and O–H groups in total. The van der Waals surface area contributed by atoms with Gasteiger partial charge in [0, 0.05) is 33.2 Å². The van der Waals surface area contributed by atoms with Gasteiger partial charge in [0.1, 0.15) is 5.76 Å². The molecular formula is C25H28N4O5S. The number of nitrogens with one attached hydrogen (secondary N) is 1. The maximum atomic E-state index is 13.0. The van der Waals surface area contributed by atoms with Crippen LogP contribution >= 0.6 is 0 Å². The Hall–Kier alpha value is -3.47. The molecule has 0 spiro atoms. The van der Waals surface area contributed by atoms with Crippen molar-refractivity contribution in [2.24, 2.45) is 0 Å². The Labute approximate surface area is 205 Å². The molecular weight excluding hydrogens is 468 g/mol. The maximum Gasteiger partial charge on any atom is 0.253 e. The molecule has 2 heterocycles. The van der Waals surface area contributed by atoms with E-state index in [9.17, 15) is 18.0 Å². The highest BCUT2D eigenvalue weighted by atomic mass is 32.2. The summed E-state index contributed by atoms with van der Waals surface area (Å²) in [5.41, 5.74) is 0.883. The van der Waals surface area contributed by atoms with Gasteiger partial charge in [-0.3, -0.25) is 14.5 Å². The minimum Gasteiger partial charge on any atom is -0.467 e. The molecule has 0 unspecified atom stereocenters. The Kier molecular flexibility index (Phi) is 7.64. The second-order valence-electron chi connectivity index (χ2n) is 8.23. The van der Waals surface area contributed by atoms with E-state index in [0.29, 0.717) is 43.2 Å². The van der Waals surface area contributed by atoms with Crippen LogP contribution < -0.4 is 10.2 Å². The number of carbonyl (C=O) groups is 2. The number of nitrogens with zero attached hydrogens (tertiary/aromatic N) is 3. The number of amides is 2. The van der Waals surface area contributed by atoms with E-state index in [1.807, 2.05) is 4.90 Å². The third-order valence-electron chi connectivity index (χ3n) is 5.96. The topological polar surface area (TPSA) is 103 Å². The van der Waals surface area contributed by atoms with E-state index in [2.05, 4.69) is 5.32 Å². The Balaban J connectivity index is 1.35. The highest BCUT2D eigenvalue weighted by Gasteiger charge is 2.29. The summed E-state index contributed by atoms with van der Waals surface area (Å²) in [6.45, 7) is 1.86. The van der Waals surface area contributed by atoms with Crippen LogP contribution in [0.3, 0.4) is 0 Å². The van der Waals surface area contributed by atoms with Crippen LogP contribution in [0.4, 0.5) is 5.69 Å². The summed E-state index contributed by atoms with van der Waals surface area (Å²) in [6.07, 6.45) is 1.54. The Bertz CT molecular complexity index is 1250. The maximum absolute atomic E-state index is 13.0. The Morgan fingerprint density at radius 3 is 2.31 bits per heavy atom. The quantitative estimate of drug-likeness (QED) is 0.513. The number of rotatable bonds is 8. The van der Waals surface area contributed by atoms with Gasteiger partial charge >= 0.3 is 0 Å². The van der Waals surface area contributed by atoms with Crippen LogP contribution in [0.5, 0.6) is 0 Å². The number of anilines is 1. The van der Waals surface area contributed by atoms with Crippen molar-refractivity contribution in [1.29, 1.82) is 0 Å². The molecule has 10 heteroatoms. The molecule has 0 aliphatic carbocycles. The molecule has 0 bridgehead atoms. The van der Waals surface area contributed by atoms with Gasteiger partial charge in [0.25, 0.3) is 5.91 Å². The van der Waals surface area contributed by atoms with E-state index in [1.165, 1.54) is 9.21 Å². The van der Waals surface area contributed by atoms with Crippen LogP contribution in [0.15, 0.2) is 82.3 Å². The van der Waals surface area contributed by atoms with Crippen molar-refractivity contribution in [3.05, 3.63) is 84.3 Å². The SMILES string of the molecule is CN(C(=O)CN1CCN(S(=O)(=O)c2ccccc2)CC1)c1ccccc1C(=O)NCc1ccco1. The zero-order valence-electron chi connectivity index (χ0n) is 19.5. The van der Waals surface area contributed by atoms with Gasteiger partial charge in [-0.2, -0.15) is 4.31 Å². The summed E-state index contributed by atoms with van der Waals surface area (Å²) in [5, 5.41) is 2.81. The first-order chi connectivity index (χ1) is 16.9. The van der Waals surface area contributed by atoms with Crippen LogP contribution in [0.2, 0.25) is 0 Å². The number of furan rings is 1. The molecule has 4 rings (SSSR count). The molecule has 35 heavy (non-hydrogen) atoms. The lowest BCUT2D eigenvalue weighted by atomic mass is 10.1. The summed E-state index contributed by atoms with van der Waals surface area (Å²) in [5.74, 6) is 0.140. The second-order valence-corrected chi connectivity index (χ2v) is 10.2. The fraction of sp³-hybridized carbons (Fsp3) is 0.280. The van der Waals surface area contributed by atoms with Gasteiger partial charge in [-0.25, -0.2) is 8.42 Å². The molecule has 1 aromatic heterocycles. The number of hydrogen-bond acceptors (Lipinski definition) is 6. The third kappa shape index (κ3) is 5.79. The van der Waals surface area contributed by atoms with Crippen LogP contribution in [0.25, 0.3) is 0 Å². The first-order valence-corrected chi connectivity index (χ1v) is 12.7. The van der Waals surface area contributed by atoms with Crippen molar-refractivity contribution in [2.45, 2.75) is 11.4 Å². The van der Waals surface area contributed by atoms with Crippen LogP contribution in [0, 0.1) is 0 Å². The van der Waals surface area contributed by atoms with Crippen molar-refractivity contribution in [2.75, 3.05) is 44.7 Å². The van der Waals surface area contributed by atoms with Crippen LogP contribution in [-0.4, -0.2) is 69.2 Å². The van der Waals surface area contributed by atoms with Crippen LogP contribution in [0.1, 0.15) is 16.1 Å². The predicted octanol–water partition coefficient (Wildman–Crippen LogP) is 2.18. The standard InChI is InChI=1S/C25H28N4O5S/c1-27(23-12-6-5-11-22(23)25(31)26-18-20-8-7-17-34-20)24(30)19-28-13-15-29(16-14-28)35(32,33)21-9-3-2-4-10-21/h2-12,17H,13-16,18-19H2,1H3,(H,26,31). The number of hydrogen-bond donors (Lipinski definition) is 1.